The number of ether oxygens (including phenoxy) is 1. The highest BCUT2D eigenvalue weighted by Crippen LogP contribution is 2.37. The first kappa shape index (κ1) is 11.3. The molecule has 1 aliphatic heterocycles. The molecule has 0 aliphatic carbocycles. The summed E-state index contributed by atoms with van der Waals surface area (Å²) < 4.78 is 4.71. The van der Waals surface area contributed by atoms with E-state index >= 15 is 0 Å². The lowest BCUT2D eigenvalue weighted by atomic mass is 9.72. The molecule has 0 saturated carbocycles. The average molecular weight is 199 g/mol. The number of likely N-dealkylation sites (tertiary alicyclic amines) is 1. The van der Waals surface area contributed by atoms with Crippen LogP contribution in [0.1, 0.15) is 33.6 Å². The van der Waals surface area contributed by atoms with Gasteiger partial charge in [-0.2, -0.15) is 0 Å². The van der Waals surface area contributed by atoms with E-state index in [-0.39, 0.29) is 6.09 Å². The van der Waals surface area contributed by atoms with Crippen molar-refractivity contribution >= 4 is 6.09 Å². The number of carbonyl (C=O) groups is 1. The number of piperidine rings is 1. The SMILES string of the molecule is COC(=O)N1CCC(C)(C(C)C)CC1. The van der Waals surface area contributed by atoms with E-state index in [1.54, 1.807) is 4.90 Å². The van der Waals surface area contributed by atoms with Crippen LogP contribution in [0.2, 0.25) is 0 Å². The number of nitrogens with zero attached hydrogens (tertiary/aromatic N) is 1. The molecule has 0 N–H and O–H groups in total. The lowest BCUT2D eigenvalue weighted by Gasteiger charge is -2.41. The quantitative estimate of drug-likeness (QED) is 0.649. The highest BCUT2D eigenvalue weighted by molar-refractivity contribution is 5.67. The molecule has 1 fully saturated rings. The zero-order valence-corrected chi connectivity index (χ0v) is 9.67. The van der Waals surface area contributed by atoms with Crippen LogP contribution in [-0.4, -0.2) is 31.2 Å². The molecule has 1 aliphatic rings. The first-order valence-corrected chi connectivity index (χ1v) is 5.32. The minimum absolute atomic E-state index is 0.184. The van der Waals surface area contributed by atoms with Crippen LogP contribution in [0.3, 0.4) is 0 Å². The molecule has 0 radical (unpaired) electrons. The third-order valence-electron chi connectivity index (χ3n) is 3.73. The highest BCUT2D eigenvalue weighted by atomic mass is 16.5. The van der Waals surface area contributed by atoms with Gasteiger partial charge in [0, 0.05) is 13.1 Å². The molecule has 0 atom stereocenters. The fourth-order valence-electron chi connectivity index (χ4n) is 1.91. The normalized spacial score (nSPS) is 21.1. The maximum absolute atomic E-state index is 11.3. The van der Waals surface area contributed by atoms with Gasteiger partial charge in [0.2, 0.25) is 0 Å². The molecule has 82 valence electrons. The van der Waals surface area contributed by atoms with Gasteiger partial charge in [-0.3, -0.25) is 0 Å². The summed E-state index contributed by atoms with van der Waals surface area (Å²) in [7, 11) is 1.44. The smallest absolute Gasteiger partial charge is 0.409 e. The molecule has 0 unspecified atom stereocenters. The average Bonchev–Trinajstić information content (AvgIpc) is 2.17. The number of hydrogen-bond acceptors (Lipinski definition) is 2. The predicted molar refractivity (Wildman–Crippen MR) is 56.2 cm³/mol. The number of hydrogen-bond donors (Lipinski definition) is 0. The molecule has 0 spiro atoms. The Balaban J connectivity index is 2.49. The summed E-state index contributed by atoms with van der Waals surface area (Å²) in [5, 5.41) is 0. The second-order valence-corrected chi connectivity index (χ2v) is 4.77. The summed E-state index contributed by atoms with van der Waals surface area (Å²) in [5.74, 6) is 0.683. The van der Waals surface area contributed by atoms with Gasteiger partial charge in [-0.25, -0.2) is 4.79 Å². The highest BCUT2D eigenvalue weighted by Gasteiger charge is 2.34. The van der Waals surface area contributed by atoms with Gasteiger partial charge in [0.25, 0.3) is 0 Å². The molecule has 0 aromatic rings. The van der Waals surface area contributed by atoms with E-state index in [2.05, 4.69) is 20.8 Å². The lowest BCUT2D eigenvalue weighted by molar-refractivity contribution is 0.0635. The summed E-state index contributed by atoms with van der Waals surface area (Å²) in [5.41, 5.74) is 0.393. The van der Waals surface area contributed by atoms with E-state index in [0.717, 1.165) is 25.9 Å². The van der Waals surface area contributed by atoms with Crippen LogP contribution in [-0.2, 0) is 4.74 Å². The van der Waals surface area contributed by atoms with Crippen LogP contribution in [0, 0.1) is 11.3 Å². The Morgan fingerprint density at radius 2 is 1.86 bits per heavy atom. The van der Waals surface area contributed by atoms with Crippen molar-refractivity contribution in [3.05, 3.63) is 0 Å². The van der Waals surface area contributed by atoms with E-state index in [0.29, 0.717) is 11.3 Å². The fourth-order valence-corrected chi connectivity index (χ4v) is 1.91. The van der Waals surface area contributed by atoms with Crippen LogP contribution in [0.4, 0.5) is 4.79 Å². The molecule has 1 heterocycles. The van der Waals surface area contributed by atoms with Gasteiger partial charge < -0.3 is 9.64 Å². The number of rotatable bonds is 1. The van der Waals surface area contributed by atoms with E-state index in [9.17, 15) is 4.79 Å². The van der Waals surface area contributed by atoms with E-state index < -0.39 is 0 Å². The second kappa shape index (κ2) is 4.20. The van der Waals surface area contributed by atoms with E-state index in [1.165, 1.54) is 7.11 Å². The van der Waals surface area contributed by atoms with Gasteiger partial charge in [0.1, 0.15) is 0 Å². The van der Waals surface area contributed by atoms with Gasteiger partial charge in [-0.1, -0.05) is 20.8 Å². The van der Waals surface area contributed by atoms with Crippen LogP contribution in [0.25, 0.3) is 0 Å². The van der Waals surface area contributed by atoms with E-state index in [4.69, 9.17) is 4.74 Å². The Bertz CT molecular complexity index is 205. The first-order chi connectivity index (χ1) is 6.49. The Kier molecular flexibility index (Phi) is 3.40. The Morgan fingerprint density at radius 1 is 1.36 bits per heavy atom. The fraction of sp³-hybridized carbons (Fsp3) is 0.909. The summed E-state index contributed by atoms with van der Waals surface area (Å²) in [4.78, 5) is 13.0. The van der Waals surface area contributed by atoms with Crippen molar-refractivity contribution in [1.29, 1.82) is 0 Å². The molecule has 0 bridgehead atoms. The summed E-state index contributed by atoms with van der Waals surface area (Å²) in [6.07, 6.45) is 1.98. The van der Waals surface area contributed by atoms with Gasteiger partial charge >= 0.3 is 6.09 Å². The van der Waals surface area contributed by atoms with Gasteiger partial charge in [-0.05, 0) is 24.2 Å². The summed E-state index contributed by atoms with van der Waals surface area (Å²) in [6, 6.07) is 0. The van der Waals surface area contributed by atoms with Crippen molar-refractivity contribution in [2.45, 2.75) is 33.6 Å². The summed E-state index contributed by atoms with van der Waals surface area (Å²) in [6.45, 7) is 8.50. The van der Waals surface area contributed by atoms with Crippen molar-refractivity contribution in [2.24, 2.45) is 11.3 Å². The third-order valence-corrected chi connectivity index (χ3v) is 3.73. The first-order valence-electron chi connectivity index (χ1n) is 5.32. The minimum atomic E-state index is -0.184. The number of carbonyl (C=O) groups excluding carboxylic acids is 1. The van der Waals surface area contributed by atoms with Crippen molar-refractivity contribution < 1.29 is 9.53 Å². The van der Waals surface area contributed by atoms with Crippen molar-refractivity contribution in [3.8, 4) is 0 Å². The molecular weight excluding hydrogens is 178 g/mol. The van der Waals surface area contributed by atoms with Crippen molar-refractivity contribution in [2.75, 3.05) is 20.2 Å². The Morgan fingerprint density at radius 3 is 2.21 bits per heavy atom. The molecule has 1 rings (SSSR count). The Hall–Kier alpha value is -0.730. The van der Waals surface area contributed by atoms with Crippen LogP contribution < -0.4 is 0 Å². The maximum atomic E-state index is 11.3. The zero-order valence-electron chi connectivity index (χ0n) is 9.67. The van der Waals surface area contributed by atoms with Gasteiger partial charge in [0.05, 0.1) is 7.11 Å². The second-order valence-electron chi connectivity index (χ2n) is 4.77. The van der Waals surface area contributed by atoms with Crippen molar-refractivity contribution in [1.82, 2.24) is 4.90 Å². The largest absolute Gasteiger partial charge is 0.453 e. The number of methoxy groups -OCH3 is 1. The molecule has 0 aromatic heterocycles. The topological polar surface area (TPSA) is 29.5 Å². The van der Waals surface area contributed by atoms with Gasteiger partial charge in [0.15, 0.2) is 0 Å². The monoisotopic (exact) mass is 199 g/mol. The van der Waals surface area contributed by atoms with Gasteiger partial charge in [-0.15, -0.1) is 0 Å². The van der Waals surface area contributed by atoms with Crippen molar-refractivity contribution in [3.63, 3.8) is 0 Å². The molecule has 1 saturated heterocycles. The molecule has 3 nitrogen and oxygen atoms in total. The molecule has 1 amide bonds. The minimum Gasteiger partial charge on any atom is -0.453 e. The summed E-state index contributed by atoms with van der Waals surface area (Å²) >= 11 is 0. The zero-order chi connectivity index (χ0) is 10.8. The molecule has 3 heteroatoms. The standard InChI is InChI=1S/C11H21NO2/c1-9(2)11(3)5-7-12(8-6-11)10(13)14-4/h9H,5-8H2,1-4H3. The predicted octanol–water partition coefficient (Wildman–Crippen LogP) is 2.51. The molecule has 14 heavy (non-hydrogen) atoms. The Labute approximate surface area is 86.4 Å². The number of amides is 1. The third kappa shape index (κ3) is 2.20. The molecule has 0 aromatic carbocycles. The maximum Gasteiger partial charge on any atom is 0.409 e. The van der Waals surface area contributed by atoms with E-state index in [1.807, 2.05) is 0 Å². The van der Waals surface area contributed by atoms with Crippen LogP contribution in [0.15, 0.2) is 0 Å². The molecular formula is C11H21NO2. The lowest BCUT2D eigenvalue weighted by Crippen LogP contribution is -2.43. The van der Waals surface area contributed by atoms with Crippen LogP contribution >= 0.6 is 0 Å². The van der Waals surface area contributed by atoms with Crippen LogP contribution in [0.5, 0.6) is 0 Å².